The van der Waals surface area contributed by atoms with E-state index in [0.717, 1.165) is 6.07 Å². The van der Waals surface area contributed by atoms with E-state index < -0.39 is 25.8 Å². The van der Waals surface area contributed by atoms with Crippen molar-refractivity contribution in [2.24, 2.45) is 5.73 Å². The maximum absolute atomic E-state index is 14.7. The van der Waals surface area contributed by atoms with Crippen LogP contribution in [0.5, 0.6) is 11.5 Å². The van der Waals surface area contributed by atoms with Crippen LogP contribution in [-0.4, -0.2) is 44.8 Å². The van der Waals surface area contributed by atoms with E-state index in [9.17, 15) is 8.96 Å². The first-order valence-corrected chi connectivity index (χ1v) is 13.4. The molecule has 0 bridgehead atoms. The molecule has 0 saturated heterocycles. The first kappa shape index (κ1) is 27.8. The fourth-order valence-electron chi connectivity index (χ4n) is 2.85. The molecule has 3 rings (SSSR count). The Labute approximate surface area is 215 Å². The number of aromatic nitrogens is 2. The van der Waals surface area contributed by atoms with Gasteiger partial charge in [-0.1, -0.05) is 34.5 Å². The topological polar surface area (TPSA) is 137 Å². The summed E-state index contributed by atoms with van der Waals surface area (Å²) in [6.07, 6.45) is -1.06. The fourth-order valence-corrected chi connectivity index (χ4v) is 4.84. The van der Waals surface area contributed by atoms with Crippen LogP contribution in [0.4, 0.5) is 4.39 Å². The van der Waals surface area contributed by atoms with Gasteiger partial charge < -0.3 is 25.0 Å². The van der Waals surface area contributed by atoms with Crippen LogP contribution in [-0.2, 0) is 9.09 Å². The highest BCUT2D eigenvalue weighted by atomic mass is 35.5. The minimum Gasteiger partial charge on any atom is -0.489 e. The molecule has 0 fully saturated rings. The van der Waals surface area contributed by atoms with Crippen LogP contribution in [0.25, 0.3) is 21.1 Å². The molecule has 0 aliphatic carbocycles. The third kappa shape index (κ3) is 7.58. The number of phosphoric ester groups is 1. The number of nitrogens with zero attached hydrogens (tertiary/aromatic N) is 2. The van der Waals surface area contributed by atoms with Gasteiger partial charge in [0.2, 0.25) is 0 Å². The lowest BCUT2D eigenvalue weighted by atomic mass is 10.2. The van der Waals surface area contributed by atoms with Gasteiger partial charge in [-0.25, -0.2) is 8.96 Å². The van der Waals surface area contributed by atoms with E-state index in [4.69, 9.17) is 48.2 Å². The van der Waals surface area contributed by atoms with Crippen LogP contribution in [0.2, 0.25) is 10.0 Å². The van der Waals surface area contributed by atoms with Crippen LogP contribution in [0, 0.1) is 5.82 Å². The molecule has 0 aliphatic heterocycles. The molecule has 4 N–H and O–H groups in total. The molecule has 9 nitrogen and oxygen atoms in total. The molecule has 0 amide bonds. The SMILES string of the molecule is CC(C)Oc1ccc(-c2nnc(-c3cc(F)c(OCC(N)C(C)OP(=O)(O)O)cc3Cl)s2)cc1Cl. The van der Waals surface area contributed by atoms with Gasteiger partial charge in [-0.2, -0.15) is 0 Å². The molecule has 3 aromatic rings. The lowest BCUT2D eigenvalue weighted by Gasteiger charge is -2.21. The minimum atomic E-state index is -4.72. The molecule has 0 aliphatic rings. The number of benzene rings is 2. The van der Waals surface area contributed by atoms with Crippen molar-refractivity contribution in [2.45, 2.75) is 39.0 Å². The van der Waals surface area contributed by atoms with Crippen molar-refractivity contribution in [3.63, 3.8) is 0 Å². The predicted molar refractivity (Wildman–Crippen MR) is 133 cm³/mol. The van der Waals surface area contributed by atoms with Gasteiger partial charge >= 0.3 is 7.82 Å². The second-order valence-corrected chi connectivity index (χ2v) is 10.7. The Morgan fingerprint density at radius 1 is 1.09 bits per heavy atom. The van der Waals surface area contributed by atoms with E-state index in [2.05, 4.69) is 14.7 Å². The van der Waals surface area contributed by atoms with Gasteiger partial charge in [0, 0.05) is 17.2 Å². The summed E-state index contributed by atoms with van der Waals surface area (Å²) in [7, 11) is -4.72. The third-order valence-corrected chi connectivity index (χ3v) is 6.78. The molecule has 35 heavy (non-hydrogen) atoms. The number of nitrogens with two attached hydrogens (primary N) is 1. The molecule has 0 spiro atoms. The van der Waals surface area contributed by atoms with E-state index in [1.807, 2.05) is 13.8 Å². The summed E-state index contributed by atoms with van der Waals surface area (Å²) in [5.41, 5.74) is 6.83. The van der Waals surface area contributed by atoms with Crippen molar-refractivity contribution in [3.05, 3.63) is 46.2 Å². The van der Waals surface area contributed by atoms with E-state index >= 15 is 0 Å². The molecule has 1 heterocycles. The monoisotopic (exact) mass is 565 g/mol. The largest absolute Gasteiger partial charge is 0.489 e. The Morgan fingerprint density at radius 2 is 1.77 bits per heavy atom. The van der Waals surface area contributed by atoms with Gasteiger partial charge in [-0.15, -0.1) is 10.2 Å². The second-order valence-electron chi connectivity index (χ2n) is 7.76. The maximum Gasteiger partial charge on any atom is 0.469 e. The van der Waals surface area contributed by atoms with Gasteiger partial charge in [-0.3, -0.25) is 4.52 Å². The Bertz CT molecular complexity index is 1240. The third-order valence-electron chi connectivity index (χ3n) is 4.56. The van der Waals surface area contributed by atoms with Crippen LogP contribution in [0.15, 0.2) is 30.3 Å². The summed E-state index contributed by atoms with van der Waals surface area (Å²) in [6, 6.07) is 6.75. The maximum atomic E-state index is 14.7. The molecule has 2 aromatic carbocycles. The Hall–Kier alpha value is -1.82. The summed E-state index contributed by atoms with van der Waals surface area (Å²) in [5.74, 6) is -0.358. The lowest BCUT2D eigenvalue weighted by Crippen LogP contribution is -2.39. The average molecular weight is 566 g/mol. The van der Waals surface area contributed by atoms with E-state index in [1.165, 1.54) is 24.3 Å². The molecular formula is C21H23Cl2FN3O6PS. The van der Waals surface area contributed by atoms with Crippen molar-refractivity contribution in [1.82, 2.24) is 10.2 Å². The van der Waals surface area contributed by atoms with E-state index in [-0.39, 0.29) is 23.5 Å². The Morgan fingerprint density at radius 3 is 2.40 bits per heavy atom. The summed E-state index contributed by atoms with van der Waals surface area (Å²) in [6.45, 7) is 4.89. The first-order chi connectivity index (χ1) is 16.3. The summed E-state index contributed by atoms with van der Waals surface area (Å²) >= 11 is 13.9. The van der Waals surface area contributed by atoms with Gasteiger partial charge in [0.15, 0.2) is 11.6 Å². The Balaban J connectivity index is 1.75. The molecular weight excluding hydrogens is 543 g/mol. The van der Waals surface area contributed by atoms with Crippen molar-refractivity contribution < 1.29 is 32.7 Å². The standard InChI is InChI=1S/C21H23Cl2FN3O6PS/c1-10(2)32-18-5-4-12(6-15(18)23)20-26-27-21(35-20)13-7-16(24)19(8-14(13)22)31-9-17(25)11(3)33-34(28,29)30/h4-8,10-11,17H,9,25H2,1-3H3,(H2,28,29,30). The molecule has 1 aromatic heterocycles. The normalized spacial score (nSPS) is 13.7. The molecule has 2 unspecified atom stereocenters. The average Bonchev–Trinajstić information content (AvgIpc) is 3.23. The summed E-state index contributed by atoms with van der Waals surface area (Å²) in [5, 5.41) is 9.81. The zero-order valence-electron chi connectivity index (χ0n) is 18.8. The van der Waals surface area contributed by atoms with E-state index in [1.54, 1.807) is 18.2 Å². The van der Waals surface area contributed by atoms with Crippen molar-refractivity contribution >= 4 is 42.4 Å². The minimum absolute atomic E-state index is 0.0253. The highest BCUT2D eigenvalue weighted by molar-refractivity contribution is 7.46. The van der Waals surface area contributed by atoms with Crippen LogP contribution in [0.1, 0.15) is 20.8 Å². The van der Waals surface area contributed by atoms with Crippen LogP contribution >= 0.6 is 42.4 Å². The number of rotatable bonds is 10. The van der Waals surface area contributed by atoms with Gasteiger partial charge in [0.1, 0.15) is 22.4 Å². The highest BCUT2D eigenvalue weighted by Gasteiger charge is 2.25. The van der Waals surface area contributed by atoms with Crippen molar-refractivity contribution in [1.29, 1.82) is 0 Å². The smallest absolute Gasteiger partial charge is 0.469 e. The zero-order chi connectivity index (χ0) is 25.9. The predicted octanol–water partition coefficient (Wildman–Crippen LogP) is 5.31. The molecule has 14 heteroatoms. The quantitative estimate of drug-likeness (QED) is 0.279. The molecule has 2 atom stereocenters. The van der Waals surface area contributed by atoms with Crippen LogP contribution < -0.4 is 15.2 Å². The van der Waals surface area contributed by atoms with Gasteiger partial charge in [0.05, 0.1) is 28.3 Å². The first-order valence-electron chi connectivity index (χ1n) is 10.3. The lowest BCUT2D eigenvalue weighted by molar-refractivity contribution is 0.106. The number of phosphoric acid groups is 1. The molecule has 0 radical (unpaired) electrons. The summed E-state index contributed by atoms with van der Waals surface area (Å²) < 4.78 is 41.1. The zero-order valence-corrected chi connectivity index (χ0v) is 22.0. The van der Waals surface area contributed by atoms with Crippen molar-refractivity contribution in [3.8, 4) is 32.6 Å². The molecule has 190 valence electrons. The van der Waals surface area contributed by atoms with Crippen molar-refractivity contribution in [2.75, 3.05) is 6.61 Å². The fraction of sp³-hybridized carbons (Fsp3) is 0.333. The number of hydrogen-bond acceptors (Lipinski definition) is 8. The molecule has 0 saturated carbocycles. The Kier molecular flexibility index (Phi) is 9.11. The van der Waals surface area contributed by atoms with E-state index in [0.29, 0.717) is 31.9 Å². The highest BCUT2D eigenvalue weighted by Crippen LogP contribution is 2.39. The number of ether oxygens (including phenoxy) is 2. The number of halogens is 3. The number of hydrogen-bond donors (Lipinski definition) is 3. The summed E-state index contributed by atoms with van der Waals surface area (Å²) in [4.78, 5) is 17.7. The van der Waals surface area contributed by atoms with Gasteiger partial charge in [-0.05, 0) is 45.0 Å². The van der Waals surface area contributed by atoms with Crippen LogP contribution in [0.3, 0.4) is 0 Å². The second kappa shape index (κ2) is 11.5. The van der Waals surface area contributed by atoms with Gasteiger partial charge in [0.25, 0.3) is 0 Å².